The van der Waals surface area contributed by atoms with Gasteiger partial charge in [-0.05, 0) is 44.9 Å². The van der Waals surface area contributed by atoms with E-state index in [4.69, 9.17) is 16.6 Å². The molecule has 6 N–H and O–H groups in total. The third-order valence-corrected chi connectivity index (χ3v) is 10.1. The van der Waals surface area contributed by atoms with E-state index < -0.39 is 23.3 Å². The van der Waals surface area contributed by atoms with E-state index in [2.05, 4.69) is 10.3 Å². The fraction of sp³-hybridized carbons (Fsp3) is 0.800. The molecule has 0 radical (unpaired) electrons. The molecule has 5 atom stereocenters. The molecule has 1 aliphatic carbocycles. The van der Waals surface area contributed by atoms with Gasteiger partial charge in [0.05, 0.1) is 22.4 Å². The number of nitrogens with two attached hydrogens (primary N) is 2. The third kappa shape index (κ3) is 8.53. The number of hydrogen-bond acceptors (Lipinski definition) is 7. The number of hydrogen-bond donors (Lipinski definition) is 4. The maximum Gasteiger partial charge on any atom is 0.316 e. The van der Waals surface area contributed by atoms with Crippen LogP contribution in [0.15, 0.2) is 4.99 Å². The van der Waals surface area contributed by atoms with Crippen LogP contribution < -0.4 is 16.8 Å². The third-order valence-electron chi connectivity index (χ3n) is 7.58. The average molecular weight is 556 g/mol. The lowest BCUT2D eigenvalue weighted by Crippen LogP contribution is -2.56. The first-order chi connectivity index (χ1) is 17.7. The second-order valence-corrected chi connectivity index (χ2v) is 12.9. The van der Waals surface area contributed by atoms with Crippen molar-refractivity contribution in [2.24, 2.45) is 28.3 Å². The molecule has 0 aromatic carbocycles. The van der Waals surface area contributed by atoms with E-state index in [9.17, 15) is 19.2 Å². The molecule has 37 heavy (non-hydrogen) atoms. The zero-order valence-electron chi connectivity index (χ0n) is 21.6. The van der Waals surface area contributed by atoms with Gasteiger partial charge in [-0.1, -0.05) is 32.1 Å². The summed E-state index contributed by atoms with van der Waals surface area (Å²) in [5.41, 5.74) is 10.8. The molecule has 10 nitrogen and oxygen atoms in total. The van der Waals surface area contributed by atoms with Crippen molar-refractivity contribution in [2.45, 2.75) is 93.8 Å². The zero-order chi connectivity index (χ0) is 26.9. The van der Waals surface area contributed by atoms with Crippen LogP contribution in [0.2, 0.25) is 0 Å². The van der Waals surface area contributed by atoms with E-state index in [-0.39, 0.29) is 40.6 Å². The van der Waals surface area contributed by atoms with Crippen LogP contribution in [0.5, 0.6) is 0 Å². The number of amides is 2. The number of carbonyl (C=O) groups is 4. The van der Waals surface area contributed by atoms with Crippen molar-refractivity contribution in [3.05, 3.63) is 0 Å². The van der Waals surface area contributed by atoms with Gasteiger partial charge >= 0.3 is 5.97 Å². The van der Waals surface area contributed by atoms with Crippen LogP contribution in [0, 0.1) is 11.8 Å². The van der Waals surface area contributed by atoms with Gasteiger partial charge in [0.2, 0.25) is 11.8 Å². The molecule has 0 aromatic rings. The predicted molar refractivity (Wildman–Crippen MR) is 147 cm³/mol. The number of thioether (sulfide) groups is 2. The molecule has 2 saturated heterocycles. The Kier molecular flexibility index (Phi) is 11.4. The van der Waals surface area contributed by atoms with Crippen molar-refractivity contribution < 1.29 is 24.3 Å². The highest BCUT2D eigenvalue weighted by molar-refractivity contribution is 8.01. The van der Waals surface area contributed by atoms with E-state index in [1.807, 2.05) is 0 Å². The second-order valence-electron chi connectivity index (χ2n) is 10.3. The molecular formula is C25H41N5O5S2. The van der Waals surface area contributed by atoms with Crippen molar-refractivity contribution in [1.29, 1.82) is 0 Å². The highest BCUT2D eigenvalue weighted by Crippen LogP contribution is 2.41. The first-order valence-electron chi connectivity index (χ1n) is 13.3. The molecule has 0 bridgehead atoms. The van der Waals surface area contributed by atoms with E-state index in [1.54, 1.807) is 16.7 Å². The van der Waals surface area contributed by atoms with Crippen LogP contribution in [-0.4, -0.2) is 80.3 Å². The Hall–Kier alpha value is -1.95. The fourth-order valence-electron chi connectivity index (χ4n) is 5.47. The summed E-state index contributed by atoms with van der Waals surface area (Å²) in [5.74, 6) is -0.485. The summed E-state index contributed by atoms with van der Waals surface area (Å²) in [7, 11) is 0. The fourth-order valence-corrected chi connectivity index (χ4v) is 7.66. The molecule has 0 aromatic heterocycles. The monoisotopic (exact) mass is 555 g/mol. The van der Waals surface area contributed by atoms with E-state index in [0.29, 0.717) is 31.1 Å². The molecule has 3 aliphatic rings. The number of aliphatic imine (C=N–C) groups is 1. The number of fused-ring (bicyclic) bond motifs is 1. The number of Topliss-reactive ketones (excluding diaryl/α,β-unsaturated/α-hetero) is 1. The summed E-state index contributed by atoms with van der Waals surface area (Å²) in [6.07, 6.45) is 9.61. The Morgan fingerprint density at radius 2 is 1.92 bits per heavy atom. The molecule has 3 rings (SSSR count). The van der Waals surface area contributed by atoms with Crippen LogP contribution in [0.25, 0.3) is 0 Å². The molecule has 4 unspecified atom stereocenters. The van der Waals surface area contributed by atoms with Gasteiger partial charge in [-0.2, -0.15) is 0 Å². The molecule has 1 saturated carbocycles. The van der Waals surface area contributed by atoms with Crippen molar-refractivity contribution in [2.75, 3.05) is 18.1 Å². The van der Waals surface area contributed by atoms with E-state index in [0.717, 1.165) is 31.0 Å². The highest BCUT2D eigenvalue weighted by atomic mass is 32.2. The molecule has 2 aliphatic heterocycles. The average Bonchev–Trinajstić information content (AvgIpc) is 3.31. The van der Waals surface area contributed by atoms with Gasteiger partial charge in [-0.15, -0.1) is 23.5 Å². The largest absolute Gasteiger partial charge is 0.480 e. The number of ketones is 1. The number of nitrogens with one attached hydrogen (secondary N) is 1. The van der Waals surface area contributed by atoms with Gasteiger partial charge in [0.1, 0.15) is 6.04 Å². The van der Waals surface area contributed by atoms with Gasteiger partial charge < -0.3 is 26.8 Å². The topological polar surface area (TPSA) is 168 Å². The Bertz CT molecular complexity index is 862. The Morgan fingerprint density at radius 1 is 1.19 bits per heavy atom. The number of guanidine groups is 1. The quantitative estimate of drug-likeness (QED) is 0.151. The summed E-state index contributed by atoms with van der Waals surface area (Å²) in [6, 6.07) is -1.40. The smallest absolute Gasteiger partial charge is 0.316 e. The number of carboxylic acid groups (broad SMARTS) is 1. The lowest BCUT2D eigenvalue weighted by Gasteiger charge is -2.38. The molecule has 3 fully saturated rings. The Labute approximate surface area is 227 Å². The Morgan fingerprint density at radius 3 is 2.59 bits per heavy atom. The first kappa shape index (κ1) is 29.6. The molecule has 208 valence electrons. The molecule has 12 heteroatoms. The van der Waals surface area contributed by atoms with Crippen molar-refractivity contribution >= 4 is 53.1 Å². The van der Waals surface area contributed by atoms with Gasteiger partial charge in [0.25, 0.3) is 0 Å². The van der Waals surface area contributed by atoms with Gasteiger partial charge in [-0.3, -0.25) is 24.2 Å². The lowest BCUT2D eigenvalue weighted by atomic mass is 9.80. The summed E-state index contributed by atoms with van der Waals surface area (Å²) in [4.78, 5) is 56.7. The van der Waals surface area contributed by atoms with Crippen LogP contribution >= 0.6 is 23.5 Å². The van der Waals surface area contributed by atoms with E-state index >= 15 is 0 Å². The second kappa shape index (κ2) is 14.3. The number of carboxylic acids is 1. The van der Waals surface area contributed by atoms with Crippen LogP contribution in [0.3, 0.4) is 0 Å². The molecular weight excluding hydrogens is 514 g/mol. The SMILES string of the molecule is CC(SCC(=O)C(CCCN=C(N)N)NC(=O)[C@@H]1CSC2CCC(CC3CCCCC3)C(=O)N21)C(=O)O. The maximum atomic E-state index is 13.5. The number of piperidine rings is 1. The van der Waals surface area contributed by atoms with Crippen molar-refractivity contribution in [3.63, 3.8) is 0 Å². The molecule has 2 heterocycles. The standard InChI is InChI=1S/C25H41N5O5S2/c1-15(24(34)35)36-14-20(31)18(8-5-11-28-25(26)27)29-22(32)19-13-37-21-10-9-17(23(33)30(19)21)12-16-6-3-2-4-7-16/h15-19,21H,2-14H2,1H3,(H,29,32)(H,34,35)(H4,26,27,28)/t15?,17?,18?,19-,21?/m0/s1. The number of nitrogens with zero attached hydrogens (tertiary/aromatic N) is 2. The normalized spacial score (nSPS) is 25.7. The molecule has 2 amide bonds. The van der Waals surface area contributed by atoms with Crippen LogP contribution in [0.1, 0.15) is 71.1 Å². The number of rotatable bonds is 13. The highest BCUT2D eigenvalue weighted by Gasteiger charge is 2.47. The zero-order valence-corrected chi connectivity index (χ0v) is 23.2. The lowest BCUT2D eigenvalue weighted by molar-refractivity contribution is -0.147. The maximum absolute atomic E-state index is 13.5. The summed E-state index contributed by atoms with van der Waals surface area (Å²) >= 11 is 2.66. The minimum Gasteiger partial charge on any atom is -0.480 e. The van der Waals surface area contributed by atoms with Crippen molar-refractivity contribution in [3.8, 4) is 0 Å². The molecule has 0 spiro atoms. The first-order valence-corrected chi connectivity index (χ1v) is 15.4. The van der Waals surface area contributed by atoms with E-state index in [1.165, 1.54) is 39.0 Å². The van der Waals surface area contributed by atoms with Gasteiger partial charge in [-0.25, -0.2) is 0 Å². The number of aliphatic carboxylic acids is 1. The number of carbonyl (C=O) groups excluding carboxylic acids is 3. The van der Waals surface area contributed by atoms with Crippen molar-refractivity contribution in [1.82, 2.24) is 10.2 Å². The summed E-state index contributed by atoms with van der Waals surface area (Å²) < 4.78 is 0. The van der Waals surface area contributed by atoms with Crippen LogP contribution in [0.4, 0.5) is 0 Å². The predicted octanol–water partition coefficient (Wildman–Crippen LogP) is 1.95. The van der Waals surface area contributed by atoms with Crippen LogP contribution in [-0.2, 0) is 19.2 Å². The minimum absolute atomic E-state index is 0.00819. The van der Waals surface area contributed by atoms with Gasteiger partial charge in [0, 0.05) is 18.2 Å². The summed E-state index contributed by atoms with van der Waals surface area (Å²) in [6.45, 7) is 1.84. The Balaban J connectivity index is 1.63. The van der Waals surface area contributed by atoms with Gasteiger partial charge in [0.15, 0.2) is 11.7 Å². The summed E-state index contributed by atoms with van der Waals surface area (Å²) in [5, 5.41) is 11.3. The minimum atomic E-state index is -0.994.